The molecule has 3 heterocycles. The Balaban J connectivity index is 1.45. The van der Waals surface area contributed by atoms with Gasteiger partial charge >= 0.3 is 0 Å². The van der Waals surface area contributed by atoms with Gasteiger partial charge in [0.05, 0.1) is 24.0 Å². The summed E-state index contributed by atoms with van der Waals surface area (Å²) in [5.74, 6) is 0. The molecule has 2 aromatic rings. The van der Waals surface area contributed by atoms with Gasteiger partial charge in [-0.25, -0.2) is 0 Å². The highest BCUT2D eigenvalue weighted by atomic mass is 16.3. The fourth-order valence-electron chi connectivity index (χ4n) is 4.46. The van der Waals surface area contributed by atoms with Gasteiger partial charge in [-0.3, -0.25) is 14.5 Å². The highest BCUT2D eigenvalue weighted by Gasteiger charge is 2.21. The molecule has 1 saturated heterocycles. The van der Waals surface area contributed by atoms with Crippen LogP contribution in [0.1, 0.15) is 46.7 Å². The number of aromatic nitrogens is 2. The summed E-state index contributed by atoms with van der Waals surface area (Å²) in [6, 6.07) is 6.86. The number of aliphatic hydroxyl groups is 1. The average Bonchev–Trinajstić information content (AvgIpc) is 3.11. The van der Waals surface area contributed by atoms with Crippen molar-refractivity contribution in [1.82, 2.24) is 24.5 Å². The Morgan fingerprint density at radius 1 is 0.897 bits per heavy atom. The van der Waals surface area contributed by atoms with Gasteiger partial charge in [-0.2, -0.15) is 5.10 Å². The molecule has 29 heavy (non-hydrogen) atoms. The van der Waals surface area contributed by atoms with Crippen molar-refractivity contribution in [2.24, 2.45) is 0 Å². The molecule has 6 nitrogen and oxygen atoms in total. The number of aliphatic hydroxyl groups excluding tert-OH is 1. The zero-order chi connectivity index (χ0) is 20.5. The van der Waals surface area contributed by atoms with Crippen LogP contribution >= 0.6 is 0 Å². The monoisotopic (exact) mass is 397 g/mol. The van der Waals surface area contributed by atoms with Crippen LogP contribution in [0.15, 0.2) is 18.2 Å². The second kappa shape index (κ2) is 8.56. The summed E-state index contributed by atoms with van der Waals surface area (Å²) in [6.07, 6.45) is -0.502. The minimum absolute atomic E-state index is 0.502. The number of hydrogen-bond acceptors (Lipinski definition) is 5. The highest BCUT2D eigenvalue weighted by molar-refractivity contribution is 5.37. The first-order valence-electron chi connectivity index (χ1n) is 10.9. The Morgan fingerprint density at radius 2 is 1.52 bits per heavy atom. The van der Waals surface area contributed by atoms with E-state index in [9.17, 15) is 5.11 Å². The van der Waals surface area contributed by atoms with E-state index in [0.717, 1.165) is 64.6 Å². The number of fused-ring (bicyclic) bond motifs is 1. The number of nitrogens with zero attached hydrogens (tertiary/aromatic N) is 5. The first-order chi connectivity index (χ1) is 13.9. The summed E-state index contributed by atoms with van der Waals surface area (Å²) in [6.45, 7) is 15.7. The van der Waals surface area contributed by atoms with Crippen molar-refractivity contribution in [2.45, 2.75) is 53.1 Å². The van der Waals surface area contributed by atoms with Gasteiger partial charge in [0, 0.05) is 52.4 Å². The molecule has 0 aliphatic carbocycles. The summed E-state index contributed by atoms with van der Waals surface area (Å²) in [4.78, 5) is 7.49. The first kappa shape index (κ1) is 20.5. The summed E-state index contributed by atoms with van der Waals surface area (Å²) in [7, 11) is 2.21. The molecule has 1 atom stereocenters. The molecular weight excluding hydrogens is 362 g/mol. The van der Waals surface area contributed by atoms with Crippen LogP contribution in [-0.2, 0) is 26.2 Å². The molecule has 1 fully saturated rings. The van der Waals surface area contributed by atoms with Crippen molar-refractivity contribution < 1.29 is 5.11 Å². The normalized spacial score (nSPS) is 20.0. The van der Waals surface area contributed by atoms with Gasteiger partial charge in [-0.05, 0) is 56.1 Å². The molecule has 0 bridgehead atoms. The molecule has 1 aromatic carbocycles. The Labute approximate surface area is 174 Å². The number of aryl methyl sites for hydroxylation is 2. The summed E-state index contributed by atoms with van der Waals surface area (Å²) in [5, 5.41) is 14.4. The minimum atomic E-state index is -0.502. The summed E-state index contributed by atoms with van der Waals surface area (Å²) < 4.78 is 2.05. The van der Waals surface area contributed by atoms with Crippen LogP contribution in [0.5, 0.6) is 0 Å². The van der Waals surface area contributed by atoms with Crippen LogP contribution < -0.4 is 0 Å². The van der Waals surface area contributed by atoms with Crippen molar-refractivity contribution in [1.29, 1.82) is 0 Å². The van der Waals surface area contributed by atoms with E-state index in [0.29, 0.717) is 0 Å². The molecule has 0 amide bonds. The van der Waals surface area contributed by atoms with Crippen molar-refractivity contribution in [3.05, 3.63) is 51.8 Å². The Hall–Kier alpha value is -1.73. The van der Waals surface area contributed by atoms with Crippen LogP contribution in [-0.4, -0.2) is 69.4 Å². The Kier molecular flexibility index (Phi) is 6.06. The number of likely N-dealkylation sites (N-methyl/N-ethyl adjacent to an activating group) is 1. The lowest BCUT2D eigenvalue weighted by atomic mass is 9.98. The molecular formula is C23H35N5O. The maximum absolute atomic E-state index is 9.82. The number of benzene rings is 1. The van der Waals surface area contributed by atoms with E-state index < -0.39 is 6.10 Å². The molecule has 0 spiro atoms. The molecule has 2 aliphatic rings. The second-order valence-corrected chi connectivity index (χ2v) is 8.95. The lowest BCUT2D eigenvalue weighted by Crippen LogP contribution is -2.44. The average molecular weight is 398 g/mol. The fraction of sp³-hybridized carbons (Fsp3) is 0.609. The predicted octanol–water partition coefficient (Wildman–Crippen LogP) is 2.32. The summed E-state index contributed by atoms with van der Waals surface area (Å²) >= 11 is 0. The molecule has 1 unspecified atom stereocenters. The van der Waals surface area contributed by atoms with Gasteiger partial charge in [-0.15, -0.1) is 0 Å². The van der Waals surface area contributed by atoms with Crippen molar-refractivity contribution >= 4 is 0 Å². The van der Waals surface area contributed by atoms with Gasteiger partial charge < -0.3 is 10.0 Å². The maximum atomic E-state index is 9.82. The zero-order valence-corrected chi connectivity index (χ0v) is 18.4. The number of hydrogen-bond donors (Lipinski definition) is 1. The van der Waals surface area contributed by atoms with E-state index >= 15 is 0 Å². The van der Waals surface area contributed by atoms with E-state index in [-0.39, 0.29) is 0 Å². The molecule has 4 rings (SSSR count). The van der Waals surface area contributed by atoms with Crippen molar-refractivity contribution in [3.8, 4) is 0 Å². The topological polar surface area (TPSA) is 47.8 Å². The number of piperazine rings is 1. The lowest BCUT2D eigenvalue weighted by molar-refractivity contribution is 0.148. The van der Waals surface area contributed by atoms with Crippen LogP contribution in [0.25, 0.3) is 0 Å². The molecule has 1 N–H and O–H groups in total. The molecule has 158 valence electrons. The van der Waals surface area contributed by atoms with Crippen LogP contribution in [0.4, 0.5) is 0 Å². The van der Waals surface area contributed by atoms with Gasteiger partial charge in [0.1, 0.15) is 0 Å². The second-order valence-electron chi connectivity index (χ2n) is 8.95. The smallest absolute Gasteiger partial charge is 0.0950 e. The summed E-state index contributed by atoms with van der Waals surface area (Å²) in [5.41, 5.74) is 7.67. The van der Waals surface area contributed by atoms with Gasteiger partial charge in [-0.1, -0.05) is 12.1 Å². The van der Waals surface area contributed by atoms with Crippen LogP contribution in [0.2, 0.25) is 0 Å². The fourth-order valence-corrected chi connectivity index (χ4v) is 4.46. The number of rotatable bonds is 5. The van der Waals surface area contributed by atoms with Crippen LogP contribution in [0.3, 0.4) is 0 Å². The largest absolute Gasteiger partial charge is 0.387 e. The van der Waals surface area contributed by atoms with Crippen molar-refractivity contribution in [3.63, 3.8) is 0 Å². The van der Waals surface area contributed by atoms with E-state index in [2.05, 4.69) is 63.6 Å². The predicted molar refractivity (Wildman–Crippen MR) is 116 cm³/mol. The first-order valence-corrected chi connectivity index (χ1v) is 10.9. The quantitative estimate of drug-likeness (QED) is 0.839. The highest BCUT2D eigenvalue weighted by Crippen LogP contribution is 2.23. The third kappa shape index (κ3) is 4.72. The van der Waals surface area contributed by atoms with Crippen LogP contribution in [0, 0.1) is 13.8 Å². The van der Waals surface area contributed by atoms with E-state index in [1.807, 2.05) is 0 Å². The van der Waals surface area contributed by atoms with E-state index in [1.165, 1.54) is 27.9 Å². The Bertz CT molecular complexity index is 851. The standard InChI is InChI=1S/C23H35N5O/c1-17-11-18(2)21(12-20(17)14-26-7-5-25(4)6-8-26)15-27-9-10-28-22(16-27)13-23(24-28)19(3)29/h11-13,19,29H,5-10,14-16H2,1-4H3. The van der Waals surface area contributed by atoms with Gasteiger partial charge in [0.25, 0.3) is 0 Å². The molecule has 0 radical (unpaired) electrons. The van der Waals surface area contributed by atoms with Gasteiger partial charge in [0.2, 0.25) is 0 Å². The molecule has 6 heteroatoms. The van der Waals surface area contributed by atoms with E-state index in [1.54, 1.807) is 6.92 Å². The third-order valence-corrected chi connectivity index (χ3v) is 6.50. The van der Waals surface area contributed by atoms with Crippen molar-refractivity contribution in [2.75, 3.05) is 39.8 Å². The third-order valence-electron chi connectivity index (χ3n) is 6.50. The Morgan fingerprint density at radius 3 is 2.17 bits per heavy atom. The zero-order valence-electron chi connectivity index (χ0n) is 18.4. The van der Waals surface area contributed by atoms with E-state index in [4.69, 9.17) is 0 Å². The minimum Gasteiger partial charge on any atom is -0.387 e. The van der Waals surface area contributed by atoms with Gasteiger partial charge in [0.15, 0.2) is 0 Å². The maximum Gasteiger partial charge on any atom is 0.0950 e. The molecule has 2 aliphatic heterocycles. The lowest BCUT2D eigenvalue weighted by Gasteiger charge is -2.33. The SMILES string of the molecule is Cc1cc(C)c(CN2CCn3nc(C(C)O)cc3C2)cc1CN1CCN(C)CC1. The molecule has 1 aromatic heterocycles. The molecule has 0 saturated carbocycles.